The van der Waals surface area contributed by atoms with Crippen molar-refractivity contribution in [3.05, 3.63) is 42.5 Å². The van der Waals surface area contributed by atoms with Crippen molar-refractivity contribution >= 4 is 15.9 Å². The van der Waals surface area contributed by atoms with Crippen LogP contribution in [0.4, 0.5) is 0 Å². The van der Waals surface area contributed by atoms with Gasteiger partial charge in [0.1, 0.15) is 0 Å². The molecule has 0 atom stereocenters. The molecule has 1 aromatic carbocycles. The van der Waals surface area contributed by atoms with Crippen LogP contribution in [0.15, 0.2) is 41.8 Å². The average molecular weight is 350 g/mol. The normalized spacial score (nSPS) is 21.2. The van der Waals surface area contributed by atoms with Gasteiger partial charge in [0.05, 0.1) is 4.90 Å². The Balaban J connectivity index is 2.03. The van der Waals surface area contributed by atoms with E-state index in [1.807, 2.05) is 0 Å². The Kier molecular flexibility index (Phi) is 6.57. The Labute approximate surface area is 144 Å². The maximum atomic E-state index is 12.4. The number of amides is 1. The Bertz CT molecular complexity index is 677. The first kappa shape index (κ1) is 18.7. The van der Waals surface area contributed by atoms with Crippen LogP contribution < -0.4 is 10.0 Å². The fourth-order valence-corrected chi connectivity index (χ4v) is 4.08. The number of nitrogens with one attached hydrogen (secondary N) is 2. The molecule has 1 amide bonds. The van der Waals surface area contributed by atoms with Gasteiger partial charge in [-0.25, -0.2) is 13.1 Å². The summed E-state index contributed by atoms with van der Waals surface area (Å²) in [6.07, 6.45) is 6.92. The van der Waals surface area contributed by atoms with Gasteiger partial charge in [-0.05, 0) is 49.8 Å². The molecule has 0 heterocycles. The zero-order valence-corrected chi connectivity index (χ0v) is 14.9. The van der Waals surface area contributed by atoms with Crippen molar-refractivity contribution < 1.29 is 13.2 Å². The van der Waals surface area contributed by atoms with Crippen LogP contribution in [0.25, 0.3) is 0 Å². The van der Waals surface area contributed by atoms with E-state index in [1.54, 1.807) is 12.1 Å². The fraction of sp³-hybridized carbons (Fsp3) is 0.500. The van der Waals surface area contributed by atoms with Gasteiger partial charge < -0.3 is 5.32 Å². The van der Waals surface area contributed by atoms with Crippen molar-refractivity contribution in [3.63, 3.8) is 0 Å². The van der Waals surface area contributed by atoms with Crippen LogP contribution >= 0.6 is 0 Å². The molecule has 1 saturated carbocycles. The highest BCUT2D eigenvalue weighted by Crippen LogP contribution is 2.26. The molecule has 0 bridgehead atoms. The summed E-state index contributed by atoms with van der Waals surface area (Å²) in [5, 5.41) is 3.03. The summed E-state index contributed by atoms with van der Waals surface area (Å²) in [4.78, 5) is 12.5. The predicted octanol–water partition coefficient (Wildman–Crippen LogP) is 2.85. The molecule has 0 radical (unpaired) electrons. The lowest BCUT2D eigenvalue weighted by Crippen LogP contribution is -2.37. The van der Waals surface area contributed by atoms with E-state index in [2.05, 4.69) is 23.5 Å². The maximum absolute atomic E-state index is 12.4. The summed E-state index contributed by atoms with van der Waals surface area (Å²) >= 11 is 0. The summed E-state index contributed by atoms with van der Waals surface area (Å²) in [5.41, 5.74) is 0.370. The number of hydrogen-bond acceptors (Lipinski definition) is 3. The second-order valence-electron chi connectivity index (χ2n) is 6.27. The van der Waals surface area contributed by atoms with Crippen LogP contribution in [0.5, 0.6) is 0 Å². The number of carbonyl (C=O) groups is 1. The lowest BCUT2D eigenvalue weighted by Gasteiger charge is -2.28. The molecule has 0 spiro atoms. The van der Waals surface area contributed by atoms with E-state index >= 15 is 0 Å². The Morgan fingerprint density at radius 3 is 2.62 bits per heavy atom. The first-order valence-corrected chi connectivity index (χ1v) is 9.96. The minimum absolute atomic E-state index is 0.0895. The molecular formula is C18H26N2O3S. The maximum Gasteiger partial charge on any atom is 0.251 e. The quantitative estimate of drug-likeness (QED) is 0.743. The monoisotopic (exact) mass is 350 g/mol. The van der Waals surface area contributed by atoms with Crippen molar-refractivity contribution in [2.24, 2.45) is 5.92 Å². The van der Waals surface area contributed by atoms with Gasteiger partial charge in [0.2, 0.25) is 10.0 Å². The zero-order valence-electron chi connectivity index (χ0n) is 14.1. The van der Waals surface area contributed by atoms with E-state index in [-0.39, 0.29) is 23.4 Å². The third-order valence-electron chi connectivity index (χ3n) is 4.58. The molecule has 6 heteroatoms. The Morgan fingerprint density at radius 2 is 2.00 bits per heavy atom. The average Bonchev–Trinajstić information content (AvgIpc) is 2.61. The van der Waals surface area contributed by atoms with Crippen molar-refractivity contribution in [1.82, 2.24) is 10.0 Å². The molecule has 1 aliphatic rings. The van der Waals surface area contributed by atoms with Gasteiger partial charge in [0.15, 0.2) is 0 Å². The smallest absolute Gasteiger partial charge is 0.251 e. The Morgan fingerprint density at radius 1 is 1.29 bits per heavy atom. The molecule has 0 unspecified atom stereocenters. The minimum Gasteiger partial charge on any atom is -0.349 e. The van der Waals surface area contributed by atoms with Crippen molar-refractivity contribution in [3.8, 4) is 0 Å². The Hall–Kier alpha value is -1.66. The second-order valence-corrected chi connectivity index (χ2v) is 8.03. The summed E-state index contributed by atoms with van der Waals surface area (Å²) in [5.74, 6) is 0.554. The molecule has 0 saturated heterocycles. The number of sulfonamides is 1. The van der Waals surface area contributed by atoms with Gasteiger partial charge in [-0.15, -0.1) is 6.58 Å². The van der Waals surface area contributed by atoms with E-state index in [0.29, 0.717) is 5.56 Å². The van der Waals surface area contributed by atoms with Crippen LogP contribution in [-0.2, 0) is 10.0 Å². The summed E-state index contributed by atoms with van der Waals surface area (Å²) in [6, 6.07) is 6.30. The van der Waals surface area contributed by atoms with Gasteiger partial charge in [0, 0.05) is 18.2 Å². The fourth-order valence-electron chi connectivity index (χ4n) is 3.04. The third kappa shape index (κ3) is 4.92. The topological polar surface area (TPSA) is 75.3 Å². The summed E-state index contributed by atoms with van der Waals surface area (Å²) in [6.45, 7) is 5.85. The largest absolute Gasteiger partial charge is 0.349 e. The van der Waals surface area contributed by atoms with E-state index in [4.69, 9.17) is 0 Å². The highest BCUT2D eigenvalue weighted by molar-refractivity contribution is 7.89. The van der Waals surface area contributed by atoms with E-state index in [1.165, 1.54) is 24.6 Å². The molecule has 0 aromatic heterocycles. The van der Waals surface area contributed by atoms with E-state index in [9.17, 15) is 13.2 Å². The lowest BCUT2D eigenvalue weighted by atomic mass is 9.84. The van der Waals surface area contributed by atoms with Crippen LogP contribution in [0.2, 0.25) is 0 Å². The zero-order chi connectivity index (χ0) is 17.6. The van der Waals surface area contributed by atoms with Crippen LogP contribution in [0, 0.1) is 5.92 Å². The highest BCUT2D eigenvalue weighted by Gasteiger charge is 2.22. The third-order valence-corrected chi connectivity index (χ3v) is 6.00. The molecule has 5 nitrogen and oxygen atoms in total. The van der Waals surface area contributed by atoms with Gasteiger partial charge in [0.25, 0.3) is 5.91 Å². The number of carbonyl (C=O) groups excluding carboxylic acids is 1. The molecule has 1 aromatic rings. The first-order chi connectivity index (χ1) is 11.5. The van der Waals surface area contributed by atoms with Crippen LogP contribution in [0.3, 0.4) is 0 Å². The second kappa shape index (κ2) is 8.44. The number of benzene rings is 1. The molecule has 132 valence electrons. The SMILES string of the molecule is C=CCNS(=O)(=O)c1cccc(C(=O)NC2CCC(CC)CC2)c1. The predicted molar refractivity (Wildman–Crippen MR) is 95.3 cm³/mol. The first-order valence-electron chi connectivity index (χ1n) is 8.47. The van der Waals surface area contributed by atoms with Crippen LogP contribution in [0.1, 0.15) is 49.4 Å². The van der Waals surface area contributed by atoms with E-state index in [0.717, 1.165) is 31.6 Å². The van der Waals surface area contributed by atoms with Gasteiger partial charge >= 0.3 is 0 Å². The molecular weight excluding hydrogens is 324 g/mol. The number of hydrogen-bond donors (Lipinski definition) is 2. The van der Waals surface area contributed by atoms with Gasteiger partial charge in [-0.2, -0.15) is 0 Å². The van der Waals surface area contributed by atoms with Gasteiger partial charge in [-0.3, -0.25) is 4.79 Å². The summed E-state index contributed by atoms with van der Waals surface area (Å²) < 4.78 is 26.7. The van der Waals surface area contributed by atoms with Crippen molar-refractivity contribution in [2.75, 3.05) is 6.54 Å². The molecule has 1 aliphatic carbocycles. The van der Waals surface area contributed by atoms with Crippen molar-refractivity contribution in [2.45, 2.75) is 50.0 Å². The molecule has 24 heavy (non-hydrogen) atoms. The molecule has 2 rings (SSSR count). The lowest BCUT2D eigenvalue weighted by molar-refractivity contribution is 0.0921. The minimum atomic E-state index is -3.62. The van der Waals surface area contributed by atoms with E-state index < -0.39 is 10.0 Å². The summed E-state index contributed by atoms with van der Waals surface area (Å²) in [7, 11) is -3.62. The molecule has 2 N–H and O–H groups in total. The van der Waals surface area contributed by atoms with Crippen LogP contribution in [-0.4, -0.2) is 26.9 Å². The standard InChI is InChI=1S/C18H26N2O3S/c1-3-12-19-24(22,23)17-7-5-6-15(13-17)18(21)20-16-10-8-14(4-2)9-11-16/h3,5-7,13-14,16,19H,1,4,8-12H2,2H3,(H,20,21). The van der Waals surface area contributed by atoms with Crippen molar-refractivity contribution in [1.29, 1.82) is 0 Å². The number of rotatable bonds is 7. The van der Waals surface area contributed by atoms with Gasteiger partial charge in [-0.1, -0.05) is 25.5 Å². The molecule has 0 aliphatic heterocycles. The molecule has 1 fully saturated rings. The highest BCUT2D eigenvalue weighted by atomic mass is 32.2.